The van der Waals surface area contributed by atoms with Crippen molar-refractivity contribution in [3.8, 4) is 0 Å². The summed E-state index contributed by atoms with van der Waals surface area (Å²) in [6.07, 6.45) is -0.609. The van der Waals surface area contributed by atoms with Crippen LogP contribution in [0.1, 0.15) is 36.1 Å². The number of aryl methyl sites for hydroxylation is 1. The molecule has 0 radical (unpaired) electrons. The first-order valence-electron chi connectivity index (χ1n) is 5.24. The predicted molar refractivity (Wildman–Crippen MR) is 55.5 cm³/mol. The molecule has 0 aliphatic heterocycles. The fraction of sp³-hybridized carbons (Fsp3) is 0.545. The third-order valence-corrected chi connectivity index (χ3v) is 3.02. The van der Waals surface area contributed by atoms with Crippen LogP contribution >= 0.6 is 11.6 Å². The minimum Gasteiger partial charge on any atom is -0.231 e. The van der Waals surface area contributed by atoms with Gasteiger partial charge in [-0.05, 0) is 42.9 Å². The molecule has 0 bridgehead atoms. The first-order chi connectivity index (χ1) is 7.48. The highest BCUT2D eigenvalue weighted by Gasteiger charge is 2.36. The number of alkyl halides is 3. The van der Waals surface area contributed by atoms with E-state index in [-0.39, 0.29) is 5.15 Å². The van der Waals surface area contributed by atoms with E-state index in [2.05, 4.69) is 4.98 Å². The first-order valence-corrected chi connectivity index (χ1v) is 5.62. The Balaban J connectivity index is 2.55. The highest BCUT2D eigenvalue weighted by atomic mass is 35.5. The van der Waals surface area contributed by atoms with Crippen molar-refractivity contribution in [2.45, 2.75) is 38.3 Å². The minimum absolute atomic E-state index is 0.0621. The second kappa shape index (κ2) is 4.24. The molecule has 0 saturated heterocycles. The summed E-state index contributed by atoms with van der Waals surface area (Å²) in [6, 6.07) is 1.57. The predicted octanol–water partition coefficient (Wildman–Crippen LogP) is 4.02. The summed E-state index contributed by atoms with van der Waals surface area (Å²) in [7, 11) is 0. The Bertz CT molecular complexity index is 401. The summed E-state index contributed by atoms with van der Waals surface area (Å²) in [5, 5.41) is -0.0621. The molecule has 5 heteroatoms. The zero-order valence-corrected chi connectivity index (χ0v) is 9.33. The molecule has 0 amide bonds. The van der Waals surface area contributed by atoms with E-state index in [1.165, 1.54) is 0 Å². The van der Waals surface area contributed by atoms with Gasteiger partial charge in [0.05, 0.1) is 0 Å². The summed E-state index contributed by atoms with van der Waals surface area (Å²) in [5.74, 6) is 0. The molecule has 0 atom stereocenters. The number of halogens is 4. The van der Waals surface area contributed by atoms with Gasteiger partial charge < -0.3 is 0 Å². The van der Waals surface area contributed by atoms with Crippen molar-refractivity contribution < 1.29 is 13.2 Å². The molecule has 16 heavy (non-hydrogen) atoms. The lowest BCUT2D eigenvalue weighted by Crippen LogP contribution is -2.14. The lowest BCUT2D eigenvalue weighted by molar-refractivity contribution is -0.141. The van der Waals surface area contributed by atoms with Crippen LogP contribution in [0.4, 0.5) is 13.2 Å². The SMILES string of the molecule is FC(F)(F)c1nc(Cl)cc2c1CCCCC2. The first kappa shape index (κ1) is 11.7. The molecule has 1 heterocycles. The van der Waals surface area contributed by atoms with Crippen LogP contribution in [-0.2, 0) is 19.0 Å². The molecule has 1 aliphatic rings. The minimum atomic E-state index is -4.40. The molecule has 1 aromatic rings. The Morgan fingerprint density at radius 1 is 1.12 bits per heavy atom. The van der Waals surface area contributed by atoms with E-state index in [1.54, 1.807) is 6.07 Å². The maximum Gasteiger partial charge on any atom is 0.433 e. The molecule has 0 fully saturated rings. The Hall–Kier alpha value is -0.770. The second-order valence-electron chi connectivity index (χ2n) is 3.99. The molecular weight excluding hydrogens is 239 g/mol. The van der Waals surface area contributed by atoms with Crippen LogP contribution in [0.3, 0.4) is 0 Å². The summed E-state index contributed by atoms with van der Waals surface area (Å²) in [4.78, 5) is 3.44. The van der Waals surface area contributed by atoms with Crippen LogP contribution in [0.25, 0.3) is 0 Å². The van der Waals surface area contributed by atoms with E-state index in [1.807, 2.05) is 0 Å². The zero-order chi connectivity index (χ0) is 11.8. The molecule has 0 aromatic carbocycles. The lowest BCUT2D eigenvalue weighted by atomic mass is 10.0. The molecular formula is C11H11ClF3N. The monoisotopic (exact) mass is 249 g/mol. The van der Waals surface area contributed by atoms with Crippen molar-refractivity contribution in [2.24, 2.45) is 0 Å². The number of aromatic nitrogens is 1. The van der Waals surface area contributed by atoms with E-state index in [0.29, 0.717) is 24.0 Å². The lowest BCUT2D eigenvalue weighted by Gasteiger charge is -2.14. The van der Waals surface area contributed by atoms with Gasteiger partial charge in [0.2, 0.25) is 0 Å². The largest absolute Gasteiger partial charge is 0.433 e. The Morgan fingerprint density at radius 2 is 1.81 bits per heavy atom. The molecule has 88 valence electrons. The Labute approximate surface area is 96.6 Å². The third-order valence-electron chi connectivity index (χ3n) is 2.83. The van der Waals surface area contributed by atoms with Crippen molar-refractivity contribution in [1.29, 1.82) is 0 Å². The number of hydrogen-bond donors (Lipinski definition) is 0. The molecule has 0 N–H and O–H groups in total. The third kappa shape index (κ3) is 2.32. The van der Waals surface area contributed by atoms with Crippen LogP contribution in [0, 0.1) is 0 Å². The van der Waals surface area contributed by atoms with Gasteiger partial charge in [0.15, 0.2) is 0 Å². The number of rotatable bonds is 0. The van der Waals surface area contributed by atoms with Crippen LogP contribution in [-0.4, -0.2) is 4.98 Å². The smallest absolute Gasteiger partial charge is 0.231 e. The standard InChI is InChI=1S/C11H11ClF3N/c12-9-6-7-4-2-1-3-5-8(7)10(16-9)11(13,14)15/h6H,1-5H2. The summed E-state index contributed by atoms with van der Waals surface area (Å²) in [5.41, 5.74) is 0.260. The number of hydrogen-bond acceptors (Lipinski definition) is 1. The van der Waals surface area contributed by atoms with Crippen molar-refractivity contribution in [2.75, 3.05) is 0 Å². The van der Waals surface area contributed by atoms with Gasteiger partial charge >= 0.3 is 6.18 Å². The van der Waals surface area contributed by atoms with Crippen LogP contribution < -0.4 is 0 Å². The van der Waals surface area contributed by atoms with E-state index in [0.717, 1.165) is 19.3 Å². The average Bonchev–Trinajstić information content (AvgIpc) is 2.39. The quantitative estimate of drug-likeness (QED) is 0.500. The fourth-order valence-corrected chi connectivity index (χ4v) is 2.34. The van der Waals surface area contributed by atoms with Gasteiger partial charge in [-0.2, -0.15) is 13.2 Å². The van der Waals surface area contributed by atoms with Gasteiger partial charge in [-0.3, -0.25) is 0 Å². The molecule has 1 aliphatic carbocycles. The molecule has 0 saturated carbocycles. The maximum absolute atomic E-state index is 12.8. The van der Waals surface area contributed by atoms with E-state index in [9.17, 15) is 13.2 Å². The van der Waals surface area contributed by atoms with Gasteiger partial charge in [-0.25, -0.2) is 4.98 Å². The summed E-state index contributed by atoms with van der Waals surface area (Å²) in [6.45, 7) is 0. The number of pyridine rings is 1. The molecule has 1 aromatic heterocycles. The molecule has 1 nitrogen and oxygen atoms in total. The Kier molecular flexibility index (Phi) is 3.10. The number of fused-ring (bicyclic) bond motifs is 1. The second-order valence-corrected chi connectivity index (χ2v) is 4.38. The number of nitrogens with zero attached hydrogens (tertiary/aromatic N) is 1. The highest BCUT2D eigenvalue weighted by Crippen LogP contribution is 2.35. The summed E-state index contributed by atoms with van der Waals surface area (Å²) >= 11 is 5.63. The van der Waals surface area contributed by atoms with Gasteiger partial charge in [0, 0.05) is 0 Å². The molecule has 0 unspecified atom stereocenters. The van der Waals surface area contributed by atoms with E-state index in [4.69, 9.17) is 11.6 Å². The van der Waals surface area contributed by atoms with Gasteiger partial charge in [0.1, 0.15) is 10.8 Å². The van der Waals surface area contributed by atoms with Gasteiger partial charge in [-0.15, -0.1) is 0 Å². The van der Waals surface area contributed by atoms with Crippen molar-refractivity contribution >= 4 is 11.6 Å². The normalized spacial score (nSPS) is 16.8. The van der Waals surface area contributed by atoms with Crippen molar-refractivity contribution in [3.63, 3.8) is 0 Å². The van der Waals surface area contributed by atoms with E-state index >= 15 is 0 Å². The molecule has 0 spiro atoms. The van der Waals surface area contributed by atoms with Crippen LogP contribution in [0.15, 0.2) is 6.07 Å². The van der Waals surface area contributed by atoms with Crippen molar-refractivity contribution in [3.05, 3.63) is 28.0 Å². The molecule has 2 rings (SSSR count). The topological polar surface area (TPSA) is 12.9 Å². The highest BCUT2D eigenvalue weighted by molar-refractivity contribution is 6.29. The average molecular weight is 250 g/mol. The van der Waals surface area contributed by atoms with Crippen LogP contribution in [0.2, 0.25) is 5.15 Å². The van der Waals surface area contributed by atoms with Gasteiger partial charge in [-0.1, -0.05) is 18.0 Å². The zero-order valence-electron chi connectivity index (χ0n) is 8.57. The van der Waals surface area contributed by atoms with Crippen LogP contribution in [0.5, 0.6) is 0 Å². The summed E-state index contributed by atoms with van der Waals surface area (Å²) < 4.78 is 38.3. The van der Waals surface area contributed by atoms with E-state index < -0.39 is 11.9 Å². The fourth-order valence-electron chi connectivity index (χ4n) is 2.12. The maximum atomic E-state index is 12.8. The van der Waals surface area contributed by atoms with Crippen molar-refractivity contribution in [1.82, 2.24) is 4.98 Å². The Morgan fingerprint density at radius 3 is 2.50 bits per heavy atom. The van der Waals surface area contributed by atoms with Gasteiger partial charge in [0.25, 0.3) is 0 Å².